The number of carbonyl (C=O) groups is 1. The second-order valence-corrected chi connectivity index (χ2v) is 4.04. The lowest BCUT2D eigenvalue weighted by Crippen LogP contribution is -2.22. The molecule has 94 valence electrons. The third-order valence-corrected chi connectivity index (χ3v) is 2.83. The van der Waals surface area contributed by atoms with E-state index < -0.39 is 0 Å². The van der Waals surface area contributed by atoms with E-state index in [-0.39, 0.29) is 17.8 Å². The van der Waals surface area contributed by atoms with Gasteiger partial charge in [-0.2, -0.15) is 0 Å². The van der Waals surface area contributed by atoms with E-state index in [0.717, 1.165) is 5.56 Å². The van der Waals surface area contributed by atoms with Crippen molar-refractivity contribution in [1.29, 1.82) is 0 Å². The van der Waals surface area contributed by atoms with Gasteiger partial charge in [0, 0.05) is 18.8 Å². The van der Waals surface area contributed by atoms with E-state index in [1.807, 2.05) is 29.1 Å². The van der Waals surface area contributed by atoms with Crippen LogP contribution in [0.25, 0.3) is 0 Å². The van der Waals surface area contributed by atoms with Crippen LogP contribution in [-0.4, -0.2) is 22.8 Å². The molecule has 1 aromatic heterocycles. The second-order valence-electron chi connectivity index (χ2n) is 4.04. The lowest BCUT2D eigenvalue weighted by Gasteiger charge is -2.16. The van der Waals surface area contributed by atoms with Gasteiger partial charge in [-0.05, 0) is 29.8 Å². The fourth-order valence-electron chi connectivity index (χ4n) is 1.86. The summed E-state index contributed by atoms with van der Waals surface area (Å²) in [6, 6.07) is 10.2. The zero-order valence-electron chi connectivity index (χ0n) is 10.1. The highest BCUT2D eigenvalue weighted by Gasteiger charge is 2.20. The van der Waals surface area contributed by atoms with Gasteiger partial charge in [-0.1, -0.05) is 12.1 Å². The lowest BCUT2D eigenvalue weighted by atomic mass is 10.1. The molecule has 4 nitrogen and oxygen atoms in total. The van der Waals surface area contributed by atoms with E-state index in [9.17, 15) is 9.90 Å². The van der Waals surface area contributed by atoms with Crippen molar-refractivity contribution >= 4 is 5.97 Å². The molecule has 0 saturated carbocycles. The number of phenolic OH excluding ortho intramolecular Hbond substituents is 1. The highest BCUT2D eigenvalue weighted by molar-refractivity contribution is 5.74. The van der Waals surface area contributed by atoms with Gasteiger partial charge in [0.1, 0.15) is 11.8 Å². The van der Waals surface area contributed by atoms with E-state index in [1.54, 1.807) is 24.3 Å². The van der Waals surface area contributed by atoms with Gasteiger partial charge in [0.15, 0.2) is 0 Å². The smallest absolute Gasteiger partial charge is 0.329 e. The normalized spacial score (nSPS) is 12.1. The predicted octanol–water partition coefficient (Wildman–Crippen LogP) is 2.15. The maximum absolute atomic E-state index is 11.8. The first-order valence-electron chi connectivity index (χ1n) is 5.69. The number of ether oxygens (including phenoxy) is 1. The topological polar surface area (TPSA) is 51.5 Å². The van der Waals surface area contributed by atoms with Crippen LogP contribution in [0.3, 0.4) is 0 Å². The molecule has 18 heavy (non-hydrogen) atoms. The summed E-state index contributed by atoms with van der Waals surface area (Å²) in [5.74, 6) is -0.0615. The Balaban J connectivity index is 2.20. The van der Waals surface area contributed by atoms with Gasteiger partial charge in [0.2, 0.25) is 0 Å². The van der Waals surface area contributed by atoms with Crippen LogP contribution in [0.5, 0.6) is 5.75 Å². The van der Waals surface area contributed by atoms with Crippen LogP contribution in [-0.2, 0) is 16.0 Å². The molecule has 2 aromatic rings. The van der Waals surface area contributed by atoms with Crippen molar-refractivity contribution in [1.82, 2.24) is 4.57 Å². The number of phenols is 1. The number of methoxy groups -OCH3 is 1. The van der Waals surface area contributed by atoms with E-state index >= 15 is 0 Å². The zero-order valence-corrected chi connectivity index (χ0v) is 10.1. The molecule has 1 N–H and O–H groups in total. The first kappa shape index (κ1) is 12.2. The molecule has 2 rings (SSSR count). The quantitative estimate of drug-likeness (QED) is 0.840. The van der Waals surface area contributed by atoms with Crippen molar-refractivity contribution in [3.05, 3.63) is 54.4 Å². The highest BCUT2D eigenvalue weighted by atomic mass is 16.5. The molecular formula is C14H15NO3. The SMILES string of the molecule is COC(=O)C(Cc1ccc(O)cc1)n1cccc1. The molecule has 0 amide bonds. The summed E-state index contributed by atoms with van der Waals surface area (Å²) in [5.41, 5.74) is 0.969. The summed E-state index contributed by atoms with van der Waals surface area (Å²) in [7, 11) is 1.38. The van der Waals surface area contributed by atoms with Gasteiger partial charge in [0.25, 0.3) is 0 Å². The van der Waals surface area contributed by atoms with Crippen LogP contribution in [0.15, 0.2) is 48.8 Å². The highest BCUT2D eigenvalue weighted by Crippen LogP contribution is 2.18. The Morgan fingerprint density at radius 3 is 2.44 bits per heavy atom. The van der Waals surface area contributed by atoms with Crippen molar-refractivity contribution in [2.24, 2.45) is 0 Å². The minimum absolute atomic E-state index is 0.217. The van der Waals surface area contributed by atoms with Gasteiger partial charge in [0.05, 0.1) is 7.11 Å². The Morgan fingerprint density at radius 1 is 1.28 bits per heavy atom. The molecule has 4 heteroatoms. The van der Waals surface area contributed by atoms with Crippen molar-refractivity contribution in [3.8, 4) is 5.75 Å². The Hall–Kier alpha value is -2.23. The first-order chi connectivity index (χ1) is 8.70. The van der Waals surface area contributed by atoms with Crippen molar-refractivity contribution < 1.29 is 14.6 Å². The maximum atomic E-state index is 11.8. The average molecular weight is 245 g/mol. The summed E-state index contributed by atoms with van der Waals surface area (Å²) in [6.45, 7) is 0. The first-order valence-corrected chi connectivity index (χ1v) is 5.69. The van der Waals surface area contributed by atoms with Crippen LogP contribution in [0.4, 0.5) is 0 Å². The number of aromatic nitrogens is 1. The van der Waals surface area contributed by atoms with E-state index in [0.29, 0.717) is 6.42 Å². The van der Waals surface area contributed by atoms with Crippen LogP contribution in [0.1, 0.15) is 11.6 Å². The van der Waals surface area contributed by atoms with Gasteiger partial charge < -0.3 is 14.4 Å². The molecule has 0 aliphatic rings. The zero-order chi connectivity index (χ0) is 13.0. The van der Waals surface area contributed by atoms with Crippen LogP contribution in [0, 0.1) is 0 Å². The van der Waals surface area contributed by atoms with Crippen LogP contribution in [0.2, 0.25) is 0 Å². The minimum atomic E-state index is -0.380. The third kappa shape index (κ3) is 2.71. The van der Waals surface area contributed by atoms with Crippen LogP contribution >= 0.6 is 0 Å². The molecule has 0 aliphatic heterocycles. The third-order valence-electron chi connectivity index (χ3n) is 2.83. The monoisotopic (exact) mass is 245 g/mol. The Labute approximate surface area is 105 Å². The van der Waals surface area contributed by atoms with Gasteiger partial charge in [-0.25, -0.2) is 4.79 Å². The number of carbonyl (C=O) groups excluding carboxylic acids is 1. The maximum Gasteiger partial charge on any atom is 0.329 e. The molecule has 0 radical (unpaired) electrons. The Morgan fingerprint density at radius 2 is 1.89 bits per heavy atom. The molecule has 0 spiro atoms. The molecule has 0 fully saturated rings. The molecule has 0 bridgehead atoms. The van der Waals surface area contributed by atoms with Crippen molar-refractivity contribution in [2.75, 3.05) is 7.11 Å². The largest absolute Gasteiger partial charge is 0.508 e. The summed E-state index contributed by atoms with van der Waals surface area (Å²) in [4.78, 5) is 11.8. The van der Waals surface area contributed by atoms with Gasteiger partial charge >= 0.3 is 5.97 Å². The van der Waals surface area contributed by atoms with Gasteiger partial charge in [-0.3, -0.25) is 0 Å². The molecule has 0 saturated heterocycles. The number of esters is 1. The van der Waals surface area contributed by atoms with E-state index in [2.05, 4.69) is 0 Å². The molecule has 1 atom stereocenters. The molecule has 1 heterocycles. The van der Waals surface area contributed by atoms with Crippen molar-refractivity contribution in [2.45, 2.75) is 12.5 Å². The standard InChI is InChI=1S/C14H15NO3/c1-18-14(17)13(15-8-2-3-9-15)10-11-4-6-12(16)7-5-11/h2-9,13,16H,10H2,1H3. The molecular weight excluding hydrogens is 230 g/mol. The lowest BCUT2D eigenvalue weighted by molar-refractivity contribution is -0.144. The molecule has 0 aliphatic carbocycles. The molecule has 1 aromatic carbocycles. The number of benzene rings is 1. The number of rotatable bonds is 4. The summed E-state index contributed by atoms with van der Waals surface area (Å²) < 4.78 is 6.64. The summed E-state index contributed by atoms with van der Waals surface area (Å²) in [6.07, 6.45) is 4.20. The number of hydrogen-bond donors (Lipinski definition) is 1. The van der Waals surface area contributed by atoms with Crippen molar-refractivity contribution in [3.63, 3.8) is 0 Å². The summed E-state index contributed by atoms with van der Waals surface area (Å²) >= 11 is 0. The van der Waals surface area contributed by atoms with Gasteiger partial charge in [-0.15, -0.1) is 0 Å². The fourth-order valence-corrected chi connectivity index (χ4v) is 1.86. The summed E-state index contributed by atoms with van der Waals surface area (Å²) in [5, 5.41) is 9.23. The predicted molar refractivity (Wildman–Crippen MR) is 67.3 cm³/mol. The molecule has 1 unspecified atom stereocenters. The average Bonchev–Trinajstić information content (AvgIpc) is 2.91. The fraction of sp³-hybridized carbons (Fsp3) is 0.214. The Bertz CT molecular complexity index is 502. The number of nitrogens with zero attached hydrogens (tertiary/aromatic N) is 1. The second kappa shape index (κ2) is 5.40. The number of hydrogen-bond acceptors (Lipinski definition) is 3. The Kier molecular flexibility index (Phi) is 3.67. The van der Waals surface area contributed by atoms with E-state index in [4.69, 9.17) is 4.74 Å². The number of aromatic hydroxyl groups is 1. The van der Waals surface area contributed by atoms with E-state index in [1.165, 1.54) is 7.11 Å². The minimum Gasteiger partial charge on any atom is -0.508 e. The van der Waals surface area contributed by atoms with Crippen LogP contribution < -0.4 is 0 Å².